The molecule has 3 N–H and O–H groups in total. The van der Waals surface area contributed by atoms with Crippen molar-refractivity contribution in [2.24, 2.45) is 4.99 Å². The van der Waals surface area contributed by atoms with Crippen LogP contribution in [-0.2, 0) is 17.8 Å². The maximum absolute atomic E-state index is 12.8. The molecule has 0 aromatic heterocycles. The molecule has 1 amide bonds. The molecule has 0 radical (unpaired) electrons. The molecule has 3 rings (SSSR count). The molecule has 0 fully saturated rings. The van der Waals surface area contributed by atoms with Crippen LogP contribution in [0.2, 0.25) is 0 Å². The highest BCUT2D eigenvalue weighted by Gasteiger charge is 2.20. The van der Waals surface area contributed by atoms with E-state index < -0.39 is 6.61 Å². The number of nitrogens with one attached hydrogen (secondary N) is 3. The summed E-state index contributed by atoms with van der Waals surface area (Å²) in [6.07, 6.45) is 0.734. The molecule has 2 aromatic rings. The number of carbonyl (C=O) groups excluding carboxylic acids is 1. The number of aliphatic imine (C=N–C) groups is 1. The number of hydrogen-bond acceptors (Lipinski definition) is 5. The average molecular weight is 448 g/mol. The molecular weight excluding hydrogens is 422 g/mol. The molecule has 10 heteroatoms. The predicted molar refractivity (Wildman–Crippen MR) is 115 cm³/mol. The van der Waals surface area contributed by atoms with E-state index in [0.717, 1.165) is 12.0 Å². The lowest BCUT2D eigenvalue weighted by molar-refractivity contribution is -0.119. The summed E-state index contributed by atoms with van der Waals surface area (Å²) in [7, 11) is 0. The van der Waals surface area contributed by atoms with Crippen LogP contribution in [0.25, 0.3) is 0 Å². The Morgan fingerprint density at radius 1 is 1.12 bits per heavy atom. The zero-order valence-corrected chi connectivity index (χ0v) is 17.7. The van der Waals surface area contributed by atoms with E-state index in [9.17, 15) is 13.6 Å². The summed E-state index contributed by atoms with van der Waals surface area (Å²) in [5, 5.41) is 8.79. The molecule has 1 heterocycles. The maximum atomic E-state index is 12.8. The van der Waals surface area contributed by atoms with E-state index in [-0.39, 0.29) is 31.5 Å². The first-order valence-electron chi connectivity index (χ1n) is 10.2. The molecule has 1 aliphatic rings. The number of rotatable bonds is 10. The quantitative estimate of drug-likeness (QED) is 0.382. The van der Waals surface area contributed by atoms with Gasteiger partial charge in [-0.15, -0.1) is 0 Å². The Bertz CT molecular complexity index is 926. The summed E-state index contributed by atoms with van der Waals surface area (Å²) in [6, 6.07) is 12.8. The van der Waals surface area contributed by atoms with Crippen molar-refractivity contribution >= 4 is 11.9 Å². The van der Waals surface area contributed by atoms with Gasteiger partial charge in [0.1, 0.15) is 5.75 Å². The third kappa shape index (κ3) is 7.00. The molecule has 0 unspecified atom stereocenters. The second-order valence-electron chi connectivity index (χ2n) is 6.83. The molecule has 0 atom stereocenters. The summed E-state index contributed by atoms with van der Waals surface area (Å²) in [6.45, 7) is 0.0328. The minimum absolute atomic E-state index is 0.0136. The van der Waals surface area contributed by atoms with Crippen molar-refractivity contribution in [3.05, 3.63) is 53.6 Å². The average Bonchev–Trinajstić information content (AvgIpc) is 3.23. The lowest BCUT2D eigenvalue weighted by atomic mass is 10.1. The van der Waals surface area contributed by atoms with Gasteiger partial charge in [0, 0.05) is 24.7 Å². The first-order chi connectivity index (χ1) is 15.5. The van der Waals surface area contributed by atoms with Gasteiger partial charge in [-0.3, -0.25) is 4.79 Å². The minimum Gasteiger partial charge on any atom is -0.454 e. The van der Waals surface area contributed by atoms with E-state index in [2.05, 4.69) is 25.7 Å². The van der Waals surface area contributed by atoms with Gasteiger partial charge in [-0.2, -0.15) is 8.78 Å². The predicted octanol–water partition coefficient (Wildman–Crippen LogP) is 2.43. The molecular formula is C22H26F2N4O4. The number of benzene rings is 2. The standard InChI is InChI=1S/C22H26F2N4O4/c1-2-25-22(28-13-20(29)26-9-8-15-6-4-3-5-7-15)27-12-16-10-18-19(31-14-30-18)11-17(16)32-21(23)24/h3-7,10-11,21H,2,8-9,12-14H2,1H3,(H,26,29)(H2,25,27,28). The second kappa shape index (κ2) is 11.7. The van der Waals surface area contributed by atoms with Crippen LogP contribution in [0.5, 0.6) is 17.2 Å². The molecule has 0 aliphatic carbocycles. The Hall–Kier alpha value is -3.56. The number of hydrogen-bond donors (Lipinski definition) is 3. The molecule has 172 valence electrons. The SMILES string of the molecule is CCNC(=NCc1cc2c(cc1OC(F)F)OCO2)NCC(=O)NCCc1ccccc1. The number of amides is 1. The van der Waals surface area contributed by atoms with Gasteiger partial charge in [0.25, 0.3) is 0 Å². The van der Waals surface area contributed by atoms with E-state index in [1.807, 2.05) is 37.3 Å². The summed E-state index contributed by atoms with van der Waals surface area (Å²) in [5.74, 6) is 0.920. The van der Waals surface area contributed by atoms with Crippen LogP contribution in [0.3, 0.4) is 0 Å². The van der Waals surface area contributed by atoms with Gasteiger partial charge in [0.05, 0.1) is 13.1 Å². The topological polar surface area (TPSA) is 93.2 Å². The van der Waals surface area contributed by atoms with Crippen molar-refractivity contribution < 1.29 is 27.8 Å². The van der Waals surface area contributed by atoms with E-state index >= 15 is 0 Å². The minimum atomic E-state index is -2.98. The van der Waals surface area contributed by atoms with Crippen LogP contribution in [-0.4, -0.2) is 44.9 Å². The Morgan fingerprint density at radius 2 is 1.88 bits per heavy atom. The van der Waals surface area contributed by atoms with Crippen molar-refractivity contribution in [1.29, 1.82) is 0 Å². The number of alkyl halides is 2. The van der Waals surface area contributed by atoms with Crippen LogP contribution in [0.1, 0.15) is 18.1 Å². The van der Waals surface area contributed by atoms with Crippen LogP contribution >= 0.6 is 0 Å². The van der Waals surface area contributed by atoms with Gasteiger partial charge in [-0.25, -0.2) is 4.99 Å². The Balaban J connectivity index is 1.56. The molecule has 0 saturated heterocycles. The smallest absolute Gasteiger partial charge is 0.387 e. The van der Waals surface area contributed by atoms with Crippen molar-refractivity contribution in [3.63, 3.8) is 0 Å². The fourth-order valence-corrected chi connectivity index (χ4v) is 3.02. The Kier molecular flexibility index (Phi) is 8.47. The molecule has 0 bridgehead atoms. The third-order valence-electron chi connectivity index (χ3n) is 4.52. The van der Waals surface area contributed by atoms with Gasteiger partial charge in [-0.1, -0.05) is 30.3 Å². The summed E-state index contributed by atoms with van der Waals surface area (Å²) >= 11 is 0. The van der Waals surface area contributed by atoms with Gasteiger partial charge >= 0.3 is 6.61 Å². The van der Waals surface area contributed by atoms with E-state index in [0.29, 0.717) is 36.1 Å². The summed E-state index contributed by atoms with van der Waals surface area (Å²) in [5.41, 5.74) is 1.54. The number of halogens is 2. The van der Waals surface area contributed by atoms with Crippen LogP contribution in [0, 0.1) is 0 Å². The van der Waals surface area contributed by atoms with Gasteiger partial charge in [-0.05, 0) is 25.0 Å². The second-order valence-corrected chi connectivity index (χ2v) is 6.83. The number of ether oxygens (including phenoxy) is 3. The largest absolute Gasteiger partial charge is 0.454 e. The number of carbonyl (C=O) groups is 1. The number of guanidine groups is 1. The highest BCUT2D eigenvalue weighted by molar-refractivity contribution is 5.86. The van der Waals surface area contributed by atoms with Gasteiger partial charge in [0.2, 0.25) is 12.7 Å². The maximum Gasteiger partial charge on any atom is 0.387 e. The molecule has 32 heavy (non-hydrogen) atoms. The van der Waals surface area contributed by atoms with Crippen molar-refractivity contribution in [3.8, 4) is 17.2 Å². The molecule has 1 aliphatic heterocycles. The number of nitrogens with zero attached hydrogens (tertiary/aromatic N) is 1. The van der Waals surface area contributed by atoms with Crippen LogP contribution in [0.4, 0.5) is 8.78 Å². The fourth-order valence-electron chi connectivity index (χ4n) is 3.02. The Morgan fingerprint density at radius 3 is 2.59 bits per heavy atom. The zero-order valence-electron chi connectivity index (χ0n) is 17.7. The van der Waals surface area contributed by atoms with Crippen LogP contribution < -0.4 is 30.2 Å². The highest BCUT2D eigenvalue weighted by atomic mass is 19.3. The van der Waals surface area contributed by atoms with Crippen molar-refractivity contribution in [1.82, 2.24) is 16.0 Å². The first kappa shape index (κ1) is 23.1. The van der Waals surface area contributed by atoms with E-state index in [1.54, 1.807) is 6.07 Å². The summed E-state index contributed by atoms with van der Waals surface area (Å²) in [4.78, 5) is 16.5. The fraction of sp³-hybridized carbons (Fsp3) is 0.364. The van der Waals surface area contributed by atoms with Crippen molar-refractivity contribution in [2.75, 3.05) is 26.4 Å². The lowest BCUT2D eigenvalue weighted by Gasteiger charge is -2.13. The first-order valence-corrected chi connectivity index (χ1v) is 10.2. The molecule has 2 aromatic carbocycles. The third-order valence-corrected chi connectivity index (χ3v) is 4.52. The Labute approximate surface area is 185 Å². The number of fused-ring (bicyclic) bond motifs is 1. The zero-order chi connectivity index (χ0) is 22.8. The van der Waals surface area contributed by atoms with Gasteiger partial charge in [0.15, 0.2) is 17.5 Å². The lowest BCUT2D eigenvalue weighted by Crippen LogP contribution is -2.43. The van der Waals surface area contributed by atoms with E-state index in [4.69, 9.17) is 9.47 Å². The monoisotopic (exact) mass is 448 g/mol. The van der Waals surface area contributed by atoms with E-state index in [1.165, 1.54) is 6.07 Å². The molecule has 0 saturated carbocycles. The molecule has 8 nitrogen and oxygen atoms in total. The van der Waals surface area contributed by atoms with Gasteiger partial charge < -0.3 is 30.2 Å². The summed E-state index contributed by atoms with van der Waals surface area (Å²) < 4.78 is 40.7. The molecule has 0 spiro atoms. The van der Waals surface area contributed by atoms with Crippen LogP contribution in [0.15, 0.2) is 47.5 Å². The normalized spacial score (nSPS) is 12.6. The highest BCUT2D eigenvalue weighted by Crippen LogP contribution is 2.39. The van der Waals surface area contributed by atoms with Crippen molar-refractivity contribution in [2.45, 2.75) is 26.5 Å².